The van der Waals surface area contributed by atoms with E-state index in [1.165, 1.54) is 18.9 Å². The maximum absolute atomic E-state index is 12.7. The van der Waals surface area contributed by atoms with Crippen molar-refractivity contribution in [3.63, 3.8) is 0 Å². The Kier molecular flexibility index (Phi) is 4.79. The van der Waals surface area contributed by atoms with Crippen LogP contribution in [0.15, 0.2) is 54.2 Å². The molecule has 1 atom stereocenters. The van der Waals surface area contributed by atoms with Gasteiger partial charge < -0.3 is 14.8 Å². The standard InChI is InChI=1S/C21H24N4O2/c1-2-20(26)24-10-7-18(14-24)25(13-15-3-4-15)19-11-17(12-23-21(19)27)16-5-8-22-9-6-16/h2,5-6,8-9,11-12,15,18H,1,3-4,7,10,13-14H2,(H,23,27). The van der Waals surface area contributed by atoms with Gasteiger partial charge >= 0.3 is 0 Å². The van der Waals surface area contributed by atoms with E-state index < -0.39 is 0 Å². The van der Waals surface area contributed by atoms with Gasteiger partial charge in [-0.1, -0.05) is 6.58 Å². The molecular formula is C21H24N4O2. The zero-order valence-corrected chi connectivity index (χ0v) is 15.3. The smallest absolute Gasteiger partial charge is 0.271 e. The van der Waals surface area contributed by atoms with Crippen LogP contribution >= 0.6 is 0 Å². The molecule has 6 heteroatoms. The molecule has 1 unspecified atom stereocenters. The zero-order valence-electron chi connectivity index (χ0n) is 15.3. The number of nitrogens with zero attached hydrogens (tertiary/aromatic N) is 3. The van der Waals surface area contributed by atoms with Crippen molar-refractivity contribution in [1.82, 2.24) is 14.9 Å². The molecule has 2 aliphatic rings. The third kappa shape index (κ3) is 3.79. The molecule has 1 saturated carbocycles. The molecule has 1 aliphatic carbocycles. The number of anilines is 1. The predicted molar refractivity (Wildman–Crippen MR) is 106 cm³/mol. The number of H-pyrrole nitrogens is 1. The Morgan fingerprint density at radius 3 is 2.78 bits per heavy atom. The molecule has 0 bridgehead atoms. The van der Waals surface area contributed by atoms with Crippen LogP contribution < -0.4 is 10.5 Å². The highest BCUT2D eigenvalue weighted by molar-refractivity contribution is 5.87. The van der Waals surface area contributed by atoms with Gasteiger partial charge in [0.25, 0.3) is 5.56 Å². The van der Waals surface area contributed by atoms with E-state index in [-0.39, 0.29) is 17.5 Å². The Morgan fingerprint density at radius 1 is 1.30 bits per heavy atom. The van der Waals surface area contributed by atoms with Crippen LogP contribution in [0.3, 0.4) is 0 Å². The lowest BCUT2D eigenvalue weighted by atomic mass is 10.1. The van der Waals surface area contributed by atoms with Gasteiger partial charge in [0.15, 0.2) is 0 Å². The average Bonchev–Trinajstić information content (AvgIpc) is 3.40. The number of nitrogens with one attached hydrogen (secondary N) is 1. The number of aromatic nitrogens is 2. The molecule has 3 heterocycles. The summed E-state index contributed by atoms with van der Waals surface area (Å²) in [6.45, 7) is 5.79. The predicted octanol–water partition coefficient (Wildman–Crippen LogP) is 2.44. The van der Waals surface area contributed by atoms with Gasteiger partial charge in [0.2, 0.25) is 5.91 Å². The second kappa shape index (κ2) is 7.39. The number of pyridine rings is 2. The molecule has 0 spiro atoms. The number of likely N-dealkylation sites (tertiary alicyclic amines) is 1. The molecule has 0 radical (unpaired) electrons. The molecule has 2 aromatic rings. The van der Waals surface area contributed by atoms with Crippen molar-refractivity contribution in [2.24, 2.45) is 5.92 Å². The van der Waals surface area contributed by atoms with Crippen molar-refractivity contribution in [2.45, 2.75) is 25.3 Å². The maximum atomic E-state index is 12.7. The largest absolute Gasteiger partial charge is 0.362 e. The van der Waals surface area contributed by atoms with Gasteiger partial charge in [-0.25, -0.2) is 0 Å². The van der Waals surface area contributed by atoms with Crippen LogP contribution in [-0.2, 0) is 4.79 Å². The lowest BCUT2D eigenvalue weighted by Crippen LogP contribution is -2.42. The minimum Gasteiger partial charge on any atom is -0.362 e. The Morgan fingerprint density at radius 2 is 2.07 bits per heavy atom. The first-order valence-corrected chi connectivity index (χ1v) is 9.47. The molecule has 1 aliphatic heterocycles. The van der Waals surface area contributed by atoms with Gasteiger partial charge in [0.1, 0.15) is 5.69 Å². The Hall–Kier alpha value is -2.89. The van der Waals surface area contributed by atoms with Crippen molar-refractivity contribution in [1.29, 1.82) is 0 Å². The molecule has 2 fully saturated rings. The van der Waals surface area contributed by atoms with Crippen LogP contribution in [-0.4, -0.2) is 46.5 Å². The Labute approximate surface area is 158 Å². The summed E-state index contributed by atoms with van der Waals surface area (Å²) in [7, 11) is 0. The molecule has 4 rings (SSSR count). The highest BCUT2D eigenvalue weighted by atomic mass is 16.2. The molecule has 1 saturated heterocycles. The van der Waals surface area contributed by atoms with Gasteiger partial charge in [0.05, 0.1) is 0 Å². The molecule has 0 aromatic carbocycles. The van der Waals surface area contributed by atoms with Crippen molar-refractivity contribution < 1.29 is 4.79 Å². The topological polar surface area (TPSA) is 69.3 Å². The fourth-order valence-electron chi connectivity index (χ4n) is 3.74. The van der Waals surface area contributed by atoms with Crippen LogP contribution in [0.4, 0.5) is 5.69 Å². The molecule has 27 heavy (non-hydrogen) atoms. The van der Waals surface area contributed by atoms with Crippen LogP contribution in [0, 0.1) is 5.92 Å². The number of hydrogen-bond acceptors (Lipinski definition) is 4. The first-order chi connectivity index (χ1) is 13.2. The minimum absolute atomic E-state index is 0.0386. The van der Waals surface area contributed by atoms with Gasteiger partial charge in [0, 0.05) is 49.8 Å². The quantitative estimate of drug-likeness (QED) is 0.800. The van der Waals surface area contributed by atoms with Crippen molar-refractivity contribution >= 4 is 11.6 Å². The molecule has 1 N–H and O–H groups in total. The summed E-state index contributed by atoms with van der Waals surface area (Å²) in [5.41, 5.74) is 2.59. The van der Waals surface area contributed by atoms with E-state index in [2.05, 4.69) is 21.4 Å². The van der Waals surface area contributed by atoms with Gasteiger partial charge in [-0.3, -0.25) is 14.6 Å². The number of hydrogen-bond donors (Lipinski definition) is 1. The molecule has 1 amide bonds. The number of carbonyl (C=O) groups excluding carboxylic acids is 1. The van der Waals surface area contributed by atoms with Crippen molar-refractivity contribution in [2.75, 3.05) is 24.5 Å². The zero-order chi connectivity index (χ0) is 18.8. The third-order valence-electron chi connectivity index (χ3n) is 5.45. The monoisotopic (exact) mass is 364 g/mol. The van der Waals surface area contributed by atoms with E-state index in [0.717, 1.165) is 24.1 Å². The summed E-state index contributed by atoms with van der Waals surface area (Å²) in [6, 6.07) is 5.99. The van der Waals surface area contributed by atoms with E-state index in [1.54, 1.807) is 18.6 Å². The summed E-state index contributed by atoms with van der Waals surface area (Å²) in [4.78, 5) is 35.6. The fourth-order valence-corrected chi connectivity index (χ4v) is 3.74. The van der Waals surface area contributed by atoms with E-state index in [1.807, 2.05) is 23.1 Å². The summed E-state index contributed by atoms with van der Waals surface area (Å²) in [6.07, 6.45) is 9.89. The van der Waals surface area contributed by atoms with Gasteiger partial charge in [-0.15, -0.1) is 0 Å². The lowest BCUT2D eigenvalue weighted by molar-refractivity contribution is -0.125. The maximum Gasteiger partial charge on any atom is 0.271 e. The highest BCUT2D eigenvalue weighted by Gasteiger charge is 2.34. The third-order valence-corrected chi connectivity index (χ3v) is 5.45. The number of amides is 1. The first kappa shape index (κ1) is 17.5. The van der Waals surface area contributed by atoms with Gasteiger partial charge in [-0.2, -0.15) is 0 Å². The minimum atomic E-state index is -0.0815. The number of aromatic amines is 1. The van der Waals surface area contributed by atoms with E-state index in [4.69, 9.17) is 0 Å². The summed E-state index contributed by atoms with van der Waals surface area (Å²) in [5, 5.41) is 0. The molecule has 6 nitrogen and oxygen atoms in total. The van der Waals surface area contributed by atoms with Gasteiger partial charge in [-0.05, 0) is 55.0 Å². The molecule has 2 aromatic heterocycles. The SMILES string of the molecule is C=CC(=O)N1CCC(N(CC2CC2)c2cc(-c3ccncc3)c[nH]c2=O)C1. The van der Waals surface area contributed by atoms with E-state index >= 15 is 0 Å². The number of rotatable bonds is 6. The Balaban J connectivity index is 1.65. The highest BCUT2D eigenvalue weighted by Crippen LogP contribution is 2.33. The lowest BCUT2D eigenvalue weighted by Gasteiger charge is -2.31. The van der Waals surface area contributed by atoms with E-state index in [0.29, 0.717) is 24.7 Å². The number of carbonyl (C=O) groups is 1. The summed E-state index contributed by atoms with van der Waals surface area (Å²) in [5.74, 6) is 0.599. The summed E-state index contributed by atoms with van der Waals surface area (Å²) >= 11 is 0. The van der Waals surface area contributed by atoms with Crippen molar-refractivity contribution in [3.05, 3.63) is 59.8 Å². The average molecular weight is 364 g/mol. The second-order valence-corrected chi connectivity index (χ2v) is 7.37. The molecule has 140 valence electrons. The summed E-state index contributed by atoms with van der Waals surface area (Å²) < 4.78 is 0. The first-order valence-electron chi connectivity index (χ1n) is 9.47. The van der Waals surface area contributed by atoms with E-state index in [9.17, 15) is 9.59 Å². The normalized spacial score (nSPS) is 19.1. The molecular weight excluding hydrogens is 340 g/mol. The Bertz CT molecular complexity index is 889. The van der Waals surface area contributed by atoms with Crippen LogP contribution in [0.1, 0.15) is 19.3 Å². The van der Waals surface area contributed by atoms with Crippen LogP contribution in [0.5, 0.6) is 0 Å². The second-order valence-electron chi connectivity index (χ2n) is 7.37. The van der Waals surface area contributed by atoms with Crippen LogP contribution in [0.25, 0.3) is 11.1 Å². The van der Waals surface area contributed by atoms with Crippen LogP contribution in [0.2, 0.25) is 0 Å². The fraction of sp³-hybridized carbons (Fsp3) is 0.381. The van der Waals surface area contributed by atoms with Crippen molar-refractivity contribution in [3.8, 4) is 11.1 Å².